The van der Waals surface area contributed by atoms with Crippen molar-refractivity contribution in [1.82, 2.24) is 0 Å². The summed E-state index contributed by atoms with van der Waals surface area (Å²) in [4.78, 5) is 10.2. The maximum absolute atomic E-state index is 10.7. The van der Waals surface area contributed by atoms with Gasteiger partial charge in [0.1, 0.15) is 5.69 Å². The minimum absolute atomic E-state index is 0.0557. The van der Waals surface area contributed by atoms with Crippen LogP contribution in [0.5, 0.6) is 0 Å². The molecule has 0 atom stereocenters. The third-order valence-electron chi connectivity index (χ3n) is 3.04. The Morgan fingerprint density at radius 3 is 2.55 bits per heavy atom. The molecule has 0 aliphatic rings. The van der Waals surface area contributed by atoms with Crippen LogP contribution in [0.1, 0.15) is 12.0 Å². The number of nitrogens with one attached hydrogen (secondary N) is 1. The van der Waals surface area contributed by atoms with E-state index in [2.05, 4.69) is 17.4 Å². The fourth-order valence-electron chi connectivity index (χ4n) is 2.00. The average molecular weight is 271 g/mol. The van der Waals surface area contributed by atoms with Crippen molar-refractivity contribution in [1.29, 1.82) is 0 Å². The van der Waals surface area contributed by atoms with E-state index >= 15 is 0 Å². The predicted molar refractivity (Wildman–Crippen MR) is 80.8 cm³/mol. The van der Waals surface area contributed by atoms with Crippen LogP contribution in [0.25, 0.3) is 0 Å². The van der Waals surface area contributed by atoms with E-state index in [0.29, 0.717) is 0 Å². The Balaban J connectivity index is 1.83. The second-order valence-corrected chi connectivity index (χ2v) is 4.55. The smallest absolute Gasteiger partial charge is 0.292 e. The van der Waals surface area contributed by atoms with Crippen LogP contribution in [0.3, 0.4) is 0 Å². The van der Waals surface area contributed by atoms with E-state index in [1.54, 1.807) is 12.1 Å². The van der Waals surface area contributed by atoms with Gasteiger partial charge in [-0.05, 0) is 30.5 Å². The number of nitro benzene ring substituents is 1. The van der Waals surface area contributed by atoms with Gasteiger partial charge in [-0.15, -0.1) is 0 Å². The lowest BCUT2D eigenvalue weighted by Gasteiger charge is -2.07. The number of nitro groups is 1. The molecule has 0 amide bonds. The van der Waals surface area contributed by atoms with E-state index in [1.165, 1.54) is 11.6 Å². The van der Waals surface area contributed by atoms with Gasteiger partial charge >= 0.3 is 0 Å². The largest absolute Gasteiger partial charge is 0.393 e. The van der Waals surface area contributed by atoms with Gasteiger partial charge in [-0.1, -0.05) is 30.3 Å². The Kier molecular flexibility index (Phi) is 4.55. The predicted octanol–water partition coefficient (Wildman–Crippen LogP) is 3.22. The number of nitrogens with two attached hydrogens (primary N) is 1. The summed E-state index contributed by atoms with van der Waals surface area (Å²) in [6, 6.07) is 15.0. The Morgan fingerprint density at radius 1 is 1.15 bits per heavy atom. The zero-order valence-electron chi connectivity index (χ0n) is 11.1. The normalized spacial score (nSPS) is 10.2. The molecule has 0 aromatic heterocycles. The van der Waals surface area contributed by atoms with Gasteiger partial charge in [0.2, 0.25) is 0 Å². The van der Waals surface area contributed by atoms with Crippen LogP contribution in [-0.2, 0) is 6.42 Å². The lowest BCUT2D eigenvalue weighted by atomic mass is 10.1. The van der Waals surface area contributed by atoms with Gasteiger partial charge < -0.3 is 11.1 Å². The summed E-state index contributed by atoms with van der Waals surface area (Å²) in [5.74, 6) is 0. The number of anilines is 2. The summed E-state index contributed by atoms with van der Waals surface area (Å²) in [6.45, 7) is 0.798. The van der Waals surface area contributed by atoms with Gasteiger partial charge in [-0.2, -0.15) is 0 Å². The molecule has 20 heavy (non-hydrogen) atoms. The lowest BCUT2D eigenvalue weighted by Crippen LogP contribution is -2.04. The zero-order valence-corrected chi connectivity index (χ0v) is 11.1. The van der Waals surface area contributed by atoms with Crippen LogP contribution in [0.15, 0.2) is 48.5 Å². The summed E-state index contributed by atoms with van der Waals surface area (Å²) < 4.78 is 0. The van der Waals surface area contributed by atoms with E-state index in [0.717, 1.165) is 25.1 Å². The Hall–Kier alpha value is -2.56. The topological polar surface area (TPSA) is 81.2 Å². The van der Waals surface area contributed by atoms with Crippen molar-refractivity contribution in [2.75, 3.05) is 17.6 Å². The molecule has 5 heteroatoms. The summed E-state index contributed by atoms with van der Waals surface area (Å²) in [5.41, 5.74) is 7.87. The van der Waals surface area contributed by atoms with E-state index in [1.807, 2.05) is 18.2 Å². The Labute approximate surface area is 117 Å². The Bertz CT molecular complexity index is 585. The molecular formula is C15H17N3O2. The average Bonchev–Trinajstić information content (AvgIpc) is 2.44. The van der Waals surface area contributed by atoms with E-state index in [4.69, 9.17) is 5.73 Å². The molecule has 2 aromatic carbocycles. The van der Waals surface area contributed by atoms with Gasteiger partial charge in [0, 0.05) is 18.3 Å². The second kappa shape index (κ2) is 6.56. The molecule has 0 heterocycles. The van der Waals surface area contributed by atoms with Crippen LogP contribution >= 0.6 is 0 Å². The standard InChI is InChI=1S/C15H17N3O2/c16-14-11-13(8-9-15(14)18(19)20)17-10-4-7-12-5-2-1-3-6-12/h1-3,5-6,8-9,11,17H,4,7,10,16H2. The van der Waals surface area contributed by atoms with Crippen molar-refractivity contribution in [3.8, 4) is 0 Å². The number of aryl methyl sites for hydroxylation is 1. The van der Waals surface area contributed by atoms with Crippen molar-refractivity contribution in [3.05, 3.63) is 64.2 Å². The second-order valence-electron chi connectivity index (χ2n) is 4.55. The van der Waals surface area contributed by atoms with Gasteiger partial charge in [-0.3, -0.25) is 10.1 Å². The minimum atomic E-state index is -0.478. The van der Waals surface area contributed by atoms with Crippen molar-refractivity contribution >= 4 is 17.1 Å². The molecular weight excluding hydrogens is 254 g/mol. The van der Waals surface area contributed by atoms with E-state index < -0.39 is 4.92 Å². The number of nitrogens with zero attached hydrogens (tertiary/aromatic N) is 1. The maximum Gasteiger partial charge on any atom is 0.292 e. The summed E-state index contributed by atoms with van der Waals surface area (Å²) in [5, 5.41) is 13.9. The number of hydrogen-bond donors (Lipinski definition) is 2. The molecule has 2 rings (SSSR count). The number of nitrogen functional groups attached to an aromatic ring is 1. The molecule has 2 aromatic rings. The summed E-state index contributed by atoms with van der Waals surface area (Å²) >= 11 is 0. The minimum Gasteiger partial charge on any atom is -0.393 e. The van der Waals surface area contributed by atoms with Crippen molar-refractivity contribution in [3.63, 3.8) is 0 Å². The molecule has 0 saturated carbocycles. The van der Waals surface area contributed by atoms with Crippen LogP contribution in [0.2, 0.25) is 0 Å². The highest BCUT2D eigenvalue weighted by Crippen LogP contribution is 2.24. The van der Waals surface area contributed by atoms with Gasteiger partial charge in [0.25, 0.3) is 5.69 Å². The number of rotatable bonds is 6. The molecule has 0 aliphatic heterocycles. The SMILES string of the molecule is Nc1cc(NCCCc2ccccc2)ccc1[N+](=O)[O-]. The van der Waals surface area contributed by atoms with E-state index in [9.17, 15) is 10.1 Å². The van der Waals surface area contributed by atoms with Gasteiger partial charge in [0.05, 0.1) is 4.92 Å². The highest BCUT2D eigenvalue weighted by molar-refractivity contribution is 5.65. The first kappa shape index (κ1) is 13.9. The first-order valence-electron chi connectivity index (χ1n) is 6.48. The highest BCUT2D eigenvalue weighted by Gasteiger charge is 2.10. The zero-order chi connectivity index (χ0) is 14.4. The molecule has 0 bridgehead atoms. The van der Waals surface area contributed by atoms with Crippen molar-refractivity contribution in [2.45, 2.75) is 12.8 Å². The summed E-state index contributed by atoms with van der Waals surface area (Å²) in [6.07, 6.45) is 1.98. The number of benzene rings is 2. The first-order valence-corrected chi connectivity index (χ1v) is 6.48. The molecule has 5 nitrogen and oxygen atoms in total. The fourth-order valence-corrected chi connectivity index (χ4v) is 2.00. The van der Waals surface area contributed by atoms with Crippen molar-refractivity contribution in [2.24, 2.45) is 0 Å². The molecule has 0 fully saturated rings. The fraction of sp³-hybridized carbons (Fsp3) is 0.200. The highest BCUT2D eigenvalue weighted by atomic mass is 16.6. The third kappa shape index (κ3) is 3.71. The van der Waals surface area contributed by atoms with Crippen LogP contribution < -0.4 is 11.1 Å². The quantitative estimate of drug-likeness (QED) is 0.366. The van der Waals surface area contributed by atoms with Crippen LogP contribution in [0.4, 0.5) is 17.1 Å². The first-order chi connectivity index (χ1) is 9.66. The maximum atomic E-state index is 10.7. The molecule has 104 valence electrons. The molecule has 0 unspecified atom stereocenters. The molecule has 0 aliphatic carbocycles. The van der Waals surface area contributed by atoms with E-state index in [-0.39, 0.29) is 11.4 Å². The van der Waals surface area contributed by atoms with Crippen LogP contribution in [0, 0.1) is 10.1 Å². The van der Waals surface area contributed by atoms with Crippen molar-refractivity contribution < 1.29 is 4.92 Å². The molecule has 3 N–H and O–H groups in total. The monoisotopic (exact) mass is 271 g/mol. The molecule has 0 radical (unpaired) electrons. The van der Waals surface area contributed by atoms with Gasteiger partial charge in [0.15, 0.2) is 0 Å². The number of hydrogen-bond acceptors (Lipinski definition) is 4. The van der Waals surface area contributed by atoms with Gasteiger partial charge in [-0.25, -0.2) is 0 Å². The third-order valence-corrected chi connectivity index (χ3v) is 3.04. The Morgan fingerprint density at radius 2 is 1.90 bits per heavy atom. The molecule has 0 spiro atoms. The van der Waals surface area contributed by atoms with Crippen LogP contribution in [-0.4, -0.2) is 11.5 Å². The summed E-state index contributed by atoms with van der Waals surface area (Å²) in [7, 11) is 0. The molecule has 0 saturated heterocycles. The lowest BCUT2D eigenvalue weighted by molar-refractivity contribution is -0.383.